The number of rotatable bonds is 37. The number of hydrogen-bond acceptors (Lipinski definition) is 8. The summed E-state index contributed by atoms with van der Waals surface area (Å²) in [5, 5.41) is 0. The van der Waals surface area contributed by atoms with E-state index in [0.29, 0.717) is 6.42 Å². The zero-order valence-electron chi connectivity index (χ0n) is 32.8. The van der Waals surface area contributed by atoms with Crippen LogP contribution in [-0.4, -0.2) is 49.3 Å². The molecule has 0 heterocycles. The Morgan fingerprint density at radius 2 is 1.06 bits per heavy atom. The number of phosphoric acid groups is 1. The summed E-state index contributed by atoms with van der Waals surface area (Å²) >= 11 is 0. The molecule has 0 bridgehead atoms. The number of carbonyl (C=O) groups excluding carboxylic acids is 2. The lowest BCUT2D eigenvalue weighted by Crippen LogP contribution is -2.29. The average Bonchev–Trinajstić information content (AvgIpc) is 3.13. The number of allylic oxidation sites excluding steroid dienone is 10. The quantitative estimate of drug-likeness (QED) is 0.0275. The van der Waals surface area contributed by atoms with Gasteiger partial charge in [0.2, 0.25) is 0 Å². The summed E-state index contributed by atoms with van der Waals surface area (Å²) in [4.78, 5) is 34.8. The van der Waals surface area contributed by atoms with Gasteiger partial charge in [0.05, 0.1) is 13.2 Å². The van der Waals surface area contributed by atoms with Gasteiger partial charge in [0, 0.05) is 19.4 Å². The first kappa shape index (κ1) is 49.7. The number of nitrogens with two attached hydrogens (primary N) is 1. The maximum atomic E-state index is 12.5. The van der Waals surface area contributed by atoms with Gasteiger partial charge >= 0.3 is 19.8 Å². The molecule has 0 aliphatic heterocycles. The molecule has 300 valence electrons. The van der Waals surface area contributed by atoms with Crippen LogP contribution in [0.5, 0.6) is 0 Å². The third-order valence-corrected chi connectivity index (χ3v) is 9.12. The standard InChI is InChI=1S/C42H74NO8P/c1-3-5-7-9-11-13-15-17-18-19-20-21-23-24-26-28-30-32-34-41(44)48-38-40(39-50-52(46,47)49-37-36-43)51-42(45)35-33-31-29-27-25-22-16-14-12-10-8-6-4-2/h6,8,12-15,18-19,22,25,40H,3-5,7,9-11,16-17,20-21,23-24,26-39,43H2,1-2H3,(H,46,47)/b8-6-,14-12-,15-13-,19-18-,25-22-. The van der Waals surface area contributed by atoms with Crippen molar-refractivity contribution in [2.45, 2.75) is 168 Å². The summed E-state index contributed by atoms with van der Waals surface area (Å²) in [5.74, 6) is -0.877. The molecule has 0 aromatic carbocycles. The van der Waals surface area contributed by atoms with Gasteiger partial charge in [-0.15, -0.1) is 0 Å². The Kier molecular flexibility index (Phi) is 36.7. The predicted octanol–water partition coefficient (Wildman–Crippen LogP) is 11.3. The van der Waals surface area contributed by atoms with Crippen LogP contribution in [0.15, 0.2) is 60.8 Å². The van der Waals surface area contributed by atoms with Crippen LogP contribution < -0.4 is 5.73 Å². The van der Waals surface area contributed by atoms with Crippen molar-refractivity contribution >= 4 is 19.8 Å². The number of carbonyl (C=O) groups is 2. The molecule has 2 atom stereocenters. The lowest BCUT2D eigenvalue weighted by molar-refractivity contribution is -0.161. The molecule has 9 nitrogen and oxygen atoms in total. The van der Waals surface area contributed by atoms with Gasteiger partial charge in [-0.25, -0.2) is 4.57 Å². The molecule has 52 heavy (non-hydrogen) atoms. The van der Waals surface area contributed by atoms with Crippen molar-refractivity contribution in [3.05, 3.63) is 60.8 Å². The predicted molar refractivity (Wildman–Crippen MR) is 215 cm³/mol. The fourth-order valence-electron chi connectivity index (χ4n) is 5.15. The topological polar surface area (TPSA) is 134 Å². The van der Waals surface area contributed by atoms with E-state index >= 15 is 0 Å². The first-order chi connectivity index (χ1) is 25.3. The molecule has 0 rings (SSSR count). The average molecular weight is 752 g/mol. The van der Waals surface area contributed by atoms with Crippen LogP contribution in [0, 0.1) is 0 Å². The van der Waals surface area contributed by atoms with E-state index in [2.05, 4.69) is 74.6 Å². The summed E-state index contributed by atoms with van der Waals surface area (Å²) in [5.41, 5.74) is 5.33. The molecule has 0 radical (unpaired) electrons. The molecule has 0 spiro atoms. The molecule has 0 saturated heterocycles. The molecule has 3 N–H and O–H groups in total. The molecule has 2 unspecified atom stereocenters. The zero-order valence-corrected chi connectivity index (χ0v) is 33.7. The van der Waals surface area contributed by atoms with Gasteiger partial charge in [-0.05, 0) is 77.0 Å². The third kappa shape index (κ3) is 37.5. The van der Waals surface area contributed by atoms with E-state index < -0.39 is 32.5 Å². The number of phosphoric ester groups is 1. The fraction of sp³-hybridized carbons (Fsp3) is 0.714. The molecule has 0 fully saturated rings. The van der Waals surface area contributed by atoms with Crippen molar-refractivity contribution in [3.8, 4) is 0 Å². The van der Waals surface area contributed by atoms with E-state index in [4.69, 9.17) is 24.3 Å². The molecule has 0 aromatic heterocycles. The smallest absolute Gasteiger partial charge is 0.462 e. The van der Waals surface area contributed by atoms with Gasteiger partial charge in [-0.3, -0.25) is 18.6 Å². The Bertz CT molecular complexity index is 1040. The summed E-state index contributed by atoms with van der Waals surface area (Å²) < 4.78 is 32.7. The first-order valence-corrected chi connectivity index (χ1v) is 21.8. The van der Waals surface area contributed by atoms with Crippen LogP contribution in [0.4, 0.5) is 0 Å². The normalized spacial score (nSPS) is 14.0. The number of hydrogen-bond donors (Lipinski definition) is 2. The van der Waals surface area contributed by atoms with Gasteiger partial charge in [0.15, 0.2) is 6.10 Å². The number of ether oxygens (including phenoxy) is 2. The van der Waals surface area contributed by atoms with E-state index in [0.717, 1.165) is 77.0 Å². The van der Waals surface area contributed by atoms with Crippen molar-refractivity contribution in [3.63, 3.8) is 0 Å². The zero-order chi connectivity index (χ0) is 38.2. The molecule has 0 aromatic rings. The lowest BCUT2D eigenvalue weighted by atomic mass is 10.1. The number of unbranched alkanes of at least 4 members (excludes halogenated alkanes) is 14. The van der Waals surface area contributed by atoms with Crippen LogP contribution in [0.2, 0.25) is 0 Å². The Morgan fingerprint density at radius 1 is 0.596 bits per heavy atom. The van der Waals surface area contributed by atoms with Crippen LogP contribution in [0.25, 0.3) is 0 Å². The third-order valence-electron chi connectivity index (χ3n) is 8.14. The Labute approximate surface area is 317 Å². The summed E-state index contributed by atoms with van der Waals surface area (Å²) in [7, 11) is -4.39. The molecule has 0 aliphatic rings. The summed E-state index contributed by atoms with van der Waals surface area (Å²) in [6.45, 7) is 3.54. The Balaban J connectivity index is 4.23. The van der Waals surface area contributed by atoms with Gasteiger partial charge in [0.1, 0.15) is 6.61 Å². The van der Waals surface area contributed by atoms with E-state index in [1.165, 1.54) is 51.4 Å². The highest BCUT2D eigenvalue weighted by molar-refractivity contribution is 7.47. The Morgan fingerprint density at radius 3 is 1.60 bits per heavy atom. The van der Waals surface area contributed by atoms with Crippen LogP contribution in [0.1, 0.15) is 162 Å². The minimum absolute atomic E-state index is 0.0446. The molecular formula is C42H74NO8P. The van der Waals surface area contributed by atoms with Crippen LogP contribution >= 0.6 is 7.82 Å². The van der Waals surface area contributed by atoms with E-state index in [1.54, 1.807) is 0 Å². The fourth-order valence-corrected chi connectivity index (χ4v) is 5.91. The molecule has 10 heteroatoms. The second kappa shape index (κ2) is 38.4. The lowest BCUT2D eigenvalue weighted by Gasteiger charge is -2.19. The maximum Gasteiger partial charge on any atom is 0.472 e. The van der Waals surface area contributed by atoms with E-state index in [-0.39, 0.29) is 32.6 Å². The molecule has 0 amide bonds. The van der Waals surface area contributed by atoms with Gasteiger partial charge < -0.3 is 20.1 Å². The highest BCUT2D eigenvalue weighted by Gasteiger charge is 2.25. The second-order valence-corrected chi connectivity index (χ2v) is 14.6. The minimum atomic E-state index is -4.39. The Hall–Kier alpha value is -2.29. The molecular weight excluding hydrogens is 677 g/mol. The number of esters is 2. The summed E-state index contributed by atoms with van der Waals surface area (Å²) in [6, 6.07) is 0. The van der Waals surface area contributed by atoms with Gasteiger partial charge in [-0.2, -0.15) is 0 Å². The van der Waals surface area contributed by atoms with Crippen molar-refractivity contribution in [1.82, 2.24) is 0 Å². The van der Waals surface area contributed by atoms with Crippen molar-refractivity contribution in [2.75, 3.05) is 26.4 Å². The van der Waals surface area contributed by atoms with E-state index in [1.807, 2.05) is 0 Å². The highest BCUT2D eigenvalue weighted by Crippen LogP contribution is 2.43. The van der Waals surface area contributed by atoms with Crippen LogP contribution in [0.3, 0.4) is 0 Å². The van der Waals surface area contributed by atoms with Gasteiger partial charge in [-0.1, -0.05) is 132 Å². The SMILES string of the molecule is CC/C=C\C/C=C\C/C=C\CCCCCC(=O)OC(COC(=O)CCCCCCCCC/C=C\C/C=C\CCCCCC)COP(=O)(O)OCCN. The van der Waals surface area contributed by atoms with Crippen molar-refractivity contribution < 1.29 is 37.6 Å². The minimum Gasteiger partial charge on any atom is -0.462 e. The van der Waals surface area contributed by atoms with Crippen molar-refractivity contribution in [1.29, 1.82) is 0 Å². The van der Waals surface area contributed by atoms with Gasteiger partial charge in [0.25, 0.3) is 0 Å². The molecule has 0 aliphatic carbocycles. The molecule has 0 saturated carbocycles. The van der Waals surface area contributed by atoms with E-state index in [9.17, 15) is 19.0 Å². The highest BCUT2D eigenvalue weighted by atomic mass is 31.2. The van der Waals surface area contributed by atoms with Crippen LogP contribution in [-0.2, 0) is 32.7 Å². The monoisotopic (exact) mass is 752 g/mol. The maximum absolute atomic E-state index is 12.5. The first-order valence-electron chi connectivity index (χ1n) is 20.3. The second-order valence-electron chi connectivity index (χ2n) is 13.1. The van der Waals surface area contributed by atoms with Crippen molar-refractivity contribution in [2.24, 2.45) is 5.73 Å². The summed E-state index contributed by atoms with van der Waals surface area (Å²) in [6.07, 6.45) is 44.0. The largest absolute Gasteiger partial charge is 0.472 e.